The van der Waals surface area contributed by atoms with Gasteiger partial charge in [0.15, 0.2) is 0 Å². The summed E-state index contributed by atoms with van der Waals surface area (Å²) in [6.45, 7) is 16.1. The summed E-state index contributed by atoms with van der Waals surface area (Å²) in [5, 5.41) is 0. The highest BCUT2D eigenvalue weighted by molar-refractivity contribution is 5.81. The zero-order valence-electron chi connectivity index (χ0n) is 17.0. The lowest BCUT2D eigenvalue weighted by atomic mass is 9.63. The van der Waals surface area contributed by atoms with E-state index in [4.69, 9.17) is 0 Å². The van der Waals surface area contributed by atoms with Gasteiger partial charge in [-0.1, -0.05) is 81.3 Å². The van der Waals surface area contributed by atoms with Crippen molar-refractivity contribution in [2.45, 2.75) is 72.1 Å². The number of aryl methyl sites for hydroxylation is 2. The molecule has 0 saturated carbocycles. The molecule has 0 aromatic heterocycles. The molecule has 0 bridgehead atoms. The van der Waals surface area contributed by atoms with Crippen LogP contribution >= 0.6 is 0 Å². The van der Waals surface area contributed by atoms with Crippen molar-refractivity contribution < 1.29 is 0 Å². The molecule has 132 valence electrons. The molecule has 2 aromatic carbocycles. The molecule has 1 aliphatic rings. The summed E-state index contributed by atoms with van der Waals surface area (Å²) < 4.78 is 0. The Morgan fingerprint density at radius 2 is 1.36 bits per heavy atom. The van der Waals surface area contributed by atoms with E-state index >= 15 is 0 Å². The van der Waals surface area contributed by atoms with Crippen molar-refractivity contribution in [3.63, 3.8) is 0 Å². The van der Waals surface area contributed by atoms with Crippen LogP contribution in [-0.4, -0.2) is 0 Å². The highest BCUT2D eigenvalue weighted by atomic mass is 14.4. The minimum Gasteiger partial charge on any atom is -0.0576 e. The third-order valence-corrected chi connectivity index (χ3v) is 5.94. The summed E-state index contributed by atoms with van der Waals surface area (Å²) in [4.78, 5) is 0. The molecule has 0 N–H and O–H groups in total. The van der Waals surface area contributed by atoms with Gasteiger partial charge < -0.3 is 0 Å². The molecule has 0 spiro atoms. The van der Waals surface area contributed by atoms with Crippen LogP contribution in [0.2, 0.25) is 0 Å². The van der Waals surface area contributed by atoms with Gasteiger partial charge in [-0.25, -0.2) is 0 Å². The maximum atomic E-state index is 2.45. The average molecular weight is 333 g/mol. The fourth-order valence-electron chi connectivity index (χ4n) is 4.26. The molecule has 25 heavy (non-hydrogen) atoms. The summed E-state index contributed by atoms with van der Waals surface area (Å²) in [5.74, 6) is 0. The minimum absolute atomic E-state index is 0.265. The number of benzene rings is 2. The Morgan fingerprint density at radius 1 is 0.800 bits per heavy atom. The maximum Gasteiger partial charge on any atom is -0.0100 e. The first kappa shape index (κ1) is 18.0. The molecule has 0 heterocycles. The summed E-state index contributed by atoms with van der Waals surface area (Å²) in [6, 6.07) is 13.9. The fourth-order valence-corrected chi connectivity index (χ4v) is 4.26. The van der Waals surface area contributed by atoms with Gasteiger partial charge in [0, 0.05) is 0 Å². The normalized spacial score (nSPS) is 18.8. The zero-order valence-corrected chi connectivity index (χ0v) is 17.0. The molecular weight excluding hydrogens is 300 g/mol. The van der Waals surface area contributed by atoms with E-state index in [1.807, 2.05) is 0 Å². The molecule has 0 aliphatic heterocycles. The number of fused-ring (bicyclic) bond motifs is 1. The topological polar surface area (TPSA) is 0 Å². The second-order valence-electron chi connectivity index (χ2n) is 9.28. The van der Waals surface area contributed by atoms with Gasteiger partial charge in [-0.2, -0.15) is 0 Å². The SMILES string of the molecule is CC(=Cc1cc(C)cc(C)c1)c1ccc2c(c1)C(C)(C)CCC2(C)C. The van der Waals surface area contributed by atoms with Gasteiger partial charge in [0.1, 0.15) is 0 Å². The molecule has 3 rings (SSSR count). The smallest absolute Gasteiger partial charge is 0.0100 e. The van der Waals surface area contributed by atoms with Crippen LogP contribution < -0.4 is 0 Å². The quantitative estimate of drug-likeness (QED) is 0.509. The van der Waals surface area contributed by atoms with Crippen LogP contribution in [0, 0.1) is 13.8 Å². The molecule has 0 unspecified atom stereocenters. The largest absolute Gasteiger partial charge is 0.0576 e. The molecule has 1 aliphatic carbocycles. The maximum absolute atomic E-state index is 2.45. The summed E-state index contributed by atoms with van der Waals surface area (Å²) in [7, 11) is 0. The van der Waals surface area contributed by atoms with Gasteiger partial charge in [-0.3, -0.25) is 0 Å². The monoisotopic (exact) mass is 332 g/mol. The van der Waals surface area contributed by atoms with Crippen LogP contribution in [0.5, 0.6) is 0 Å². The predicted octanol–water partition coefficient (Wildman–Crippen LogP) is 7.21. The summed E-state index contributed by atoms with van der Waals surface area (Å²) in [6.07, 6.45) is 4.85. The molecule has 0 nitrogen and oxygen atoms in total. The van der Waals surface area contributed by atoms with Crippen molar-refractivity contribution in [1.82, 2.24) is 0 Å². The van der Waals surface area contributed by atoms with Crippen LogP contribution in [0.1, 0.15) is 80.8 Å². The lowest BCUT2D eigenvalue weighted by molar-refractivity contribution is 0.332. The van der Waals surface area contributed by atoms with Crippen LogP contribution in [0.4, 0.5) is 0 Å². The van der Waals surface area contributed by atoms with Crippen LogP contribution in [0.3, 0.4) is 0 Å². The van der Waals surface area contributed by atoms with E-state index in [1.54, 1.807) is 0 Å². The third kappa shape index (κ3) is 3.59. The van der Waals surface area contributed by atoms with Crippen molar-refractivity contribution in [2.24, 2.45) is 0 Å². The highest BCUT2D eigenvalue weighted by Gasteiger charge is 2.36. The van der Waals surface area contributed by atoms with E-state index in [9.17, 15) is 0 Å². The predicted molar refractivity (Wildman–Crippen MR) is 111 cm³/mol. The lowest BCUT2D eigenvalue weighted by Gasteiger charge is -2.42. The Morgan fingerprint density at radius 3 is 1.96 bits per heavy atom. The van der Waals surface area contributed by atoms with Crippen molar-refractivity contribution >= 4 is 11.6 Å². The molecule has 0 fully saturated rings. The Kier molecular flexibility index (Phi) is 4.43. The molecule has 0 saturated heterocycles. The Labute approximate surface area is 154 Å². The van der Waals surface area contributed by atoms with Crippen molar-refractivity contribution in [2.75, 3.05) is 0 Å². The number of rotatable bonds is 2. The first-order valence-corrected chi connectivity index (χ1v) is 9.50. The van der Waals surface area contributed by atoms with E-state index < -0.39 is 0 Å². The lowest BCUT2D eigenvalue weighted by Crippen LogP contribution is -2.33. The van der Waals surface area contributed by atoms with Crippen molar-refractivity contribution in [3.8, 4) is 0 Å². The second kappa shape index (κ2) is 6.16. The standard InChI is InChI=1S/C25H32/c1-17-12-18(2)14-20(13-17)15-19(3)21-8-9-22-23(16-21)25(6,7)11-10-24(22,4)5/h8-9,12-16H,10-11H2,1-7H3. The van der Waals surface area contributed by atoms with Gasteiger partial charge >= 0.3 is 0 Å². The number of hydrogen-bond acceptors (Lipinski definition) is 0. The molecular formula is C25H32. The molecule has 0 atom stereocenters. The van der Waals surface area contributed by atoms with Crippen LogP contribution in [0.25, 0.3) is 11.6 Å². The van der Waals surface area contributed by atoms with Gasteiger partial charge in [0.2, 0.25) is 0 Å². The van der Waals surface area contributed by atoms with E-state index in [2.05, 4.69) is 90.9 Å². The molecule has 2 aromatic rings. The minimum atomic E-state index is 0.265. The van der Waals surface area contributed by atoms with Crippen molar-refractivity contribution in [1.29, 1.82) is 0 Å². The average Bonchev–Trinajstić information content (AvgIpc) is 2.50. The van der Waals surface area contributed by atoms with E-state index in [0.717, 1.165) is 0 Å². The molecule has 0 heteroatoms. The first-order valence-electron chi connectivity index (χ1n) is 9.50. The van der Waals surface area contributed by atoms with E-state index in [1.165, 1.54) is 51.8 Å². The zero-order chi connectivity index (χ0) is 18.4. The van der Waals surface area contributed by atoms with Gasteiger partial charge in [0.05, 0.1) is 0 Å². The van der Waals surface area contributed by atoms with Gasteiger partial charge in [-0.15, -0.1) is 0 Å². The number of hydrogen-bond donors (Lipinski definition) is 0. The van der Waals surface area contributed by atoms with Crippen LogP contribution in [-0.2, 0) is 10.8 Å². The summed E-state index contributed by atoms with van der Waals surface area (Å²) in [5.41, 5.74) is 10.3. The third-order valence-electron chi connectivity index (χ3n) is 5.94. The second-order valence-corrected chi connectivity index (χ2v) is 9.28. The highest BCUT2D eigenvalue weighted by Crippen LogP contribution is 2.46. The Bertz CT molecular complexity index is 811. The number of allylic oxidation sites excluding steroid dienone is 1. The van der Waals surface area contributed by atoms with Gasteiger partial charge in [-0.05, 0) is 72.3 Å². The van der Waals surface area contributed by atoms with Gasteiger partial charge in [0.25, 0.3) is 0 Å². The summed E-state index contributed by atoms with van der Waals surface area (Å²) >= 11 is 0. The Balaban J connectivity index is 2.05. The van der Waals surface area contributed by atoms with Crippen LogP contribution in [0.15, 0.2) is 36.4 Å². The van der Waals surface area contributed by atoms with E-state index in [0.29, 0.717) is 0 Å². The first-order chi connectivity index (χ1) is 11.6. The molecule has 0 radical (unpaired) electrons. The molecule has 0 amide bonds. The van der Waals surface area contributed by atoms with E-state index in [-0.39, 0.29) is 10.8 Å². The fraction of sp³-hybridized carbons (Fsp3) is 0.440. The Hall–Kier alpha value is -1.82. The van der Waals surface area contributed by atoms with Crippen molar-refractivity contribution in [3.05, 3.63) is 69.8 Å².